The van der Waals surface area contributed by atoms with Crippen LogP contribution in [0.5, 0.6) is 11.5 Å². The highest BCUT2D eigenvalue weighted by molar-refractivity contribution is 5.98. The summed E-state index contributed by atoms with van der Waals surface area (Å²) in [6.07, 6.45) is 2.57. The van der Waals surface area contributed by atoms with Crippen molar-refractivity contribution in [3.05, 3.63) is 72.1 Å². The average Bonchev–Trinajstić information content (AvgIpc) is 3.27. The SMILES string of the molecule is COc1ccc(OC)c(NC(=O)C(C)OC(=O)c2ccc(Cn3cccn3)cc2)c1. The Morgan fingerprint density at radius 1 is 1.10 bits per heavy atom. The molecule has 1 amide bonds. The quantitative estimate of drug-likeness (QED) is 0.575. The number of rotatable bonds is 8. The molecule has 3 rings (SSSR count). The van der Waals surface area contributed by atoms with E-state index in [0.717, 1.165) is 5.56 Å². The molecule has 1 heterocycles. The van der Waals surface area contributed by atoms with Gasteiger partial charge in [-0.05, 0) is 42.8 Å². The molecule has 156 valence electrons. The number of nitrogens with zero attached hydrogens (tertiary/aromatic N) is 2. The highest BCUT2D eigenvalue weighted by Crippen LogP contribution is 2.29. The summed E-state index contributed by atoms with van der Waals surface area (Å²) in [4.78, 5) is 24.9. The number of esters is 1. The van der Waals surface area contributed by atoms with Crippen LogP contribution in [0.4, 0.5) is 5.69 Å². The first-order valence-electron chi connectivity index (χ1n) is 9.30. The van der Waals surface area contributed by atoms with Gasteiger partial charge < -0.3 is 19.5 Å². The van der Waals surface area contributed by atoms with Crippen molar-refractivity contribution >= 4 is 17.6 Å². The van der Waals surface area contributed by atoms with Gasteiger partial charge in [-0.25, -0.2) is 4.79 Å². The minimum Gasteiger partial charge on any atom is -0.497 e. The van der Waals surface area contributed by atoms with E-state index in [1.165, 1.54) is 21.1 Å². The van der Waals surface area contributed by atoms with Gasteiger partial charge in [-0.3, -0.25) is 9.48 Å². The molecule has 30 heavy (non-hydrogen) atoms. The second-order valence-corrected chi connectivity index (χ2v) is 6.50. The number of amides is 1. The lowest BCUT2D eigenvalue weighted by Gasteiger charge is -2.16. The fraction of sp³-hybridized carbons (Fsp3) is 0.227. The standard InChI is InChI=1S/C22H23N3O5/c1-15(21(26)24-19-13-18(28-2)9-10-20(19)29-3)30-22(27)17-7-5-16(6-8-17)14-25-12-4-11-23-25/h4-13,15H,14H2,1-3H3,(H,24,26). The normalized spacial score (nSPS) is 11.4. The summed E-state index contributed by atoms with van der Waals surface area (Å²) in [7, 11) is 3.02. The Balaban J connectivity index is 1.60. The lowest BCUT2D eigenvalue weighted by Crippen LogP contribution is -2.30. The van der Waals surface area contributed by atoms with Crippen molar-refractivity contribution in [1.82, 2.24) is 9.78 Å². The molecular formula is C22H23N3O5. The summed E-state index contributed by atoms with van der Waals surface area (Å²) in [5.41, 5.74) is 1.77. The molecule has 1 N–H and O–H groups in total. The molecule has 8 heteroatoms. The van der Waals surface area contributed by atoms with Gasteiger partial charge in [-0.1, -0.05) is 12.1 Å². The third-order valence-electron chi connectivity index (χ3n) is 4.41. The molecule has 8 nitrogen and oxygen atoms in total. The van der Waals surface area contributed by atoms with Gasteiger partial charge in [0.1, 0.15) is 11.5 Å². The van der Waals surface area contributed by atoms with Crippen LogP contribution in [0, 0.1) is 0 Å². The first kappa shape index (κ1) is 20.9. The van der Waals surface area contributed by atoms with Gasteiger partial charge in [0.15, 0.2) is 6.10 Å². The Hall–Kier alpha value is -3.81. The second kappa shape index (κ2) is 9.60. The molecule has 0 fully saturated rings. The number of carbonyl (C=O) groups excluding carboxylic acids is 2. The van der Waals surface area contributed by atoms with Crippen LogP contribution in [-0.2, 0) is 16.1 Å². The number of hydrogen-bond donors (Lipinski definition) is 1. The van der Waals surface area contributed by atoms with E-state index in [0.29, 0.717) is 29.3 Å². The van der Waals surface area contributed by atoms with Crippen molar-refractivity contribution in [3.8, 4) is 11.5 Å². The highest BCUT2D eigenvalue weighted by atomic mass is 16.5. The molecular weight excluding hydrogens is 386 g/mol. The molecule has 2 aromatic carbocycles. The van der Waals surface area contributed by atoms with Crippen LogP contribution in [0.2, 0.25) is 0 Å². The van der Waals surface area contributed by atoms with Crippen LogP contribution in [-0.4, -0.2) is 42.0 Å². The number of methoxy groups -OCH3 is 2. The van der Waals surface area contributed by atoms with Crippen LogP contribution in [0.15, 0.2) is 60.9 Å². The van der Waals surface area contributed by atoms with Crippen molar-refractivity contribution in [2.24, 2.45) is 0 Å². The van der Waals surface area contributed by atoms with Gasteiger partial charge >= 0.3 is 5.97 Å². The lowest BCUT2D eigenvalue weighted by atomic mass is 10.1. The van der Waals surface area contributed by atoms with Gasteiger partial charge in [-0.15, -0.1) is 0 Å². The largest absolute Gasteiger partial charge is 0.497 e. The molecule has 0 radical (unpaired) electrons. The van der Waals surface area contributed by atoms with Gasteiger partial charge in [0.25, 0.3) is 5.91 Å². The molecule has 0 bridgehead atoms. The Morgan fingerprint density at radius 3 is 2.50 bits per heavy atom. The van der Waals surface area contributed by atoms with Crippen molar-refractivity contribution in [2.45, 2.75) is 19.6 Å². The molecule has 1 atom stereocenters. The topological polar surface area (TPSA) is 91.7 Å². The van der Waals surface area contributed by atoms with E-state index in [-0.39, 0.29) is 0 Å². The molecule has 0 spiro atoms. The maximum absolute atomic E-state index is 12.5. The summed E-state index contributed by atoms with van der Waals surface area (Å²) in [5, 5.41) is 6.84. The van der Waals surface area contributed by atoms with Crippen molar-refractivity contribution < 1.29 is 23.8 Å². The molecule has 0 aliphatic carbocycles. The fourth-order valence-corrected chi connectivity index (χ4v) is 2.76. The number of benzene rings is 2. The Labute approximate surface area is 174 Å². The number of aromatic nitrogens is 2. The van der Waals surface area contributed by atoms with Crippen LogP contribution in [0.1, 0.15) is 22.8 Å². The van der Waals surface area contributed by atoms with E-state index in [1.54, 1.807) is 41.2 Å². The smallest absolute Gasteiger partial charge is 0.338 e. The summed E-state index contributed by atoms with van der Waals surface area (Å²) in [5.74, 6) is -0.0347. The fourth-order valence-electron chi connectivity index (χ4n) is 2.76. The van der Waals surface area contributed by atoms with E-state index in [4.69, 9.17) is 14.2 Å². The minimum atomic E-state index is -1.00. The number of carbonyl (C=O) groups is 2. The molecule has 0 saturated heterocycles. The third-order valence-corrected chi connectivity index (χ3v) is 4.41. The predicted molar refractivity (Wildman–Crippen MR) is 111 cm³/mol. The molecule has 1 unspecified atom stereocenters. The van der Waals surface area contributed by atoms with E-state index >= 15 is 0 Å². The van der Waals surface area contributed by atoms with Gasteiger partial charge in [0, 0.05) is 18.5 Å². The first-order valence-corrected chi connectivity index (χ1v) is 9.30. The van der Waals surface area contributed by atoms with E-state index in [9.17, 15) is 9.59 Å². The molecule has 0 aliphatic rings. The second-order valence-electron chi connectivity index (χ2n) is 6.50. The Kier molecular flexibility index (Phi) is 6.69. The highest BCUT2D eigenvalue weighted by Gasteiger charge is 2.20. The zero-order valence-corrected chi connectivity index (χ0v) is 17.0. The summed E-state index contributed by atoms with van der Waals surface area (Å²) < 4.78 is 17.5. The monoisotopic (exact) mass is 409 g/mol. The van der Waals surface area contributed by atoms with Crippen molar-refractivity contribution in [1.29, 1.82) is 0 Å². The van der Waals surface area contributed by atoms with Crippen LogP contribution < -0.4 is 14.8 Å². The summed E-state index contributed by atoms with van der Waals surface area (Å²) >= 11 is 0. The molecule has 3 aromatic rings. The lowest BCUT2D eigenvalue weighted by molar-refractivity contribution is -0.123. The van der Waals surface area contributed by atoms with Gasteiger partial charge in [0.2, 0.25) is 0 Å². The van der Waals surface area contributed by atoms with Crippen LogP contribution in [0.3, 0.4) is 0 Å². The Morgan fingerprint density at radius 2 is 1.87 bits per heavy atom. The number of ether oxygens (including phenoxy) is 3. The van der Waals surface area contributed by atoms with E-state index in [2.05, 4.69) is 10.4 Å². The average molecular weight is 409 g/mol. The maximum atomic E-state index is 12.5. The predicted octanol–water partition coefficient (Wildman–Crippen LogP) is 3.13. The third kappa shape index (κ3) is 5.16. The van der Waals surface area contributed by atoms with Crippen molar-refractivity contribution in [2.75, 3.05) is 19.5 Å². The summed E-state index contributed by atoms with van der Waals surface area (Å²) in [6, 6.07) is 13.8. The minimum absolute atomic E-state index is 0.359. The first-order chi connectivity index (χ1) is 14.5. The van der Waals surface area contributed by atoms with Crippen molar-refractivity contribution in [3.63, 3.8) is 0 Å². The summed E-state index contributed by atoms with van der Waals surface area (Å²) in [6.45, 7) is 2.11. The molecule has 0 saturated carbocycles. The molecule has 0 aliphatic heterocycles. The molecule has 1 aromatic heterocycles. The van der Waals surface area contributed by atoms with Crippen LogP contribution >= 0.6 is 0 Å². The zero-order chi connectivity index (χ0) is 21.5. The Bertz CT molecular complexity index is 1000. The van der Waals surface area contributed by atoms with Gasteiger partial charge in [0.05, 0.1) is 32.0 Å². The van der Waals surface area contributed by atoms with Crippen LogP contribution in [0.25, 0.3) is 0 Å². The number of hydrogen-bond acceptors (Lipinski definition) is 6. The van der Waals surface area contributed by atoms with Gasteiger partial charge in [-0.2, -0.15) is 5.10 Å². The maximum Gasteiger partial charge on any atom is 0.338 e. The van der Waals surface area contributed by atoms with E-state index < -0.39 is 18.0 Å². The zero-order valence-electron chi connectivity index (χ0n) is 17.0. The number of anilines is 1. The van der Waals surface area contributed by atoms with E-state index in [1.807, 2.05) is 24.4 Å². The number of nitrogens with one attached hydrogen (secondary N) is 1.